The lowest BCUT2D eigenvalue weighted by Gasteiger charge is -2.24. The molecule has 0 aliphatic carbocycles. The predicted molar refractivity (Wildman–Crippen MR) is 78.4 cm³/mol. The van der Waals surface area contributed by atoms with Crippen LogP contribution in [-0.2, 0) is 4.79 Å². The number of amides is 1. The van der Waals surface area contributed by atoms with Crippen LogP contribution in [0.5, 0.6) is 0 Å². The van der Waals surface area contributed by atoms with Gasteiger partial charge in [-0.3, -0.25) is 4.79 Å². The first-order chi connectivity index (χ1) is 8.30. The van der Waals surface area contributed by atoms with Crippen molar-refractivity contribution in [3.8, 4) is 0 Å². The zero-order valence-electron chi connectivity index (χ0n) is 12.9. The van der Waals surface area contributed by atoms with Crippen LogP contribution in [0.3, 0.4) is 0 Å². The average Bonchev–Trinajstić information content (AvgIpc) is 2.26. The summed E-state index contributed by atoms with van der Waals surface area (Å²) in [5.41, 5.74) is 5.74. The predicted octanol–water partition coefficient (Wildman–Crippen LogP) is 3.08. The number of carbonyl (C=O) groups excluding carboxylic acids is 1. The molecule has 3 nitrogen and oxygen atoms in total. The number of nitrogens with two attached hydrogens (primary N) is 1. The average molecular weight is 256 g/mol. The topological polar surface area (TPSA) is 55.1 Å². The third-order valence-corrected chi connectivity index (χ3v) is 3.71. The molecule has 1 amide bonds. The maximum absolute atomic E-state index is 11.8. The van der Waals surface area contributed by atoms with Crippen LogP contribution in [0.2, 0.25) is 0 Å². The Bertz CT molecular complexity index is 239. The maximum Gasteiger partial charge on any atom is 0.220 e. The highest BCUT2D eigenvalue weighted by molar-refractivity contribution is 5.76. The molecule has 2 atom stereocenters. The quantitative estimate of drug-likeness (QED) is 0.666. The Balaban J connectivity index is 3.90. The molecule has 0 rings (SSSR count). The summed E-state index contributed by atoms with van der Waals surface area (Å²) in [7, 11) is 0. The Hall–Kier alpha value is -0.570. The van der Waals surface area contributed by atoms with Gasteiger partial charge in [0.1, 0.15) is 0 Å². The van der Waals surface area contributed by atoms with Crippen molar-refractivity contribution in [2.75, 3.05) is 6.54 Å². The lowest BCUT2D eigenvalue weighted by atomic mass is 9.84. The van der Waals surface area contributed by atoms with E-state index in [0.29, 0.717) is 18.9 Å². The van der Waals surface area contributed by atoms with Crippen molar-refractivity contribution >= 4 is 5.91 Å². The van der Waals surface area contributed by atoms with E-state index in [4.69, 9.17) is 5.73 Å². The Labute approximate surface area is 113 Å². The molecule has 3 heteroatoms. The summed E-state index contributed by atoms with van der Waals surface area (Å²) in [5.74, 6) is 0.852. The molecule has 2 unspecified atom stereocenters. The van der Waals surface area contributed by atoms with Crippen molar-refractivity contribution in [1.29, 1.82) is 0 Å². The van der Waals surface area contributed by atoms with Gasteiger partial charge in [-0.25, -0.2) is 0 Å². The van der Waals surface area contributed by atoms with Gasteiger partial charge in [0.05, 0.1) is 0 Å². The fourth-order valence-electron chi connectivity index (χ4n) is 2.14. The highest BCUT2D eigenvalue weighted by atomic mass is 16.1. The molecule has 0 aliphatic heterocycles. The van der Waals surface area contributed by atoms with Crippen molar-refractivity contribution in [1.82, 2.24) is 5.32 Å². The van der Waals surface area contributed by atoms with E-state index in [-0.39, 0.29) is 17.4 Å². The van der Waals surface area contributed by atoms with E-state index in [9.17, 15) is 4.79 Å². The summed E-state index contributed by atoms with van der Waals surface area (Å²) in [6.07, 6.45) is 4.73. The Morgan fingerprint density at radius 2 is 1.89 bits per heavy atom. The summed E-state index contributed by atoms with van der Waals surface area (Å²) < 4.78 is 0. The van der Waals surface area contributed by atoms with Crippen LogP contribution in [0.15, 0.2) is 0 Å². The summed E-state index contributed by atoms with van der Waals surface area (Å²) >= 11 is 0. The van der Waals surface area contributed by atoms with Gasteiger partial charge in [0.15, 0.2) is 0 Å². The molecule has 3 N–H and O–H groups in total. The van der Waals surface area contributed by atoms with Gasteiger partial charge in [-0.2, -0.15) is 0 Å². The number of hydrogen-bond acceptors (Lipinski definition) is 2. The van der Waals surface area contributed by atoms with Gasteiger partial charge in [0.25, 0.3) is 0 Å². The fourth-order valence-corrected chi connectivity index (χ4v) is 2.14. The molecule has 108 valence electrons. The maximum atomic E-state index is 11.8. The van der Waals surface area contributed by atoms with Gasteiger partial charge in [0, 0.05) is 12.5 Å². The second kappa shape index (κ2) is 8.52. The van der Waals surface area contributed by atoms with E-state index in [1.165, 1.54) is 6.42 Å². The zero-order valence-corrected chi connectivity index (χ0v) is 12.9. The van der Waals surface area contributed by atoms with Crippen LogP contribution in [0.25, 0.3) is 0 Å². The van der Waals surface area contributed by atoms with Crippen molar-refractivity contribution < 1.29 is 4.79 Å². The Morgan fingerprint density at radius 1 is 1.28 bits per heavy atom. The molecular formula is C15H32N2O. The van der Waals surface area contributed by atoms with Crippen molar-refractivity contribution in [3.63, 3.8) is 0 Å². The largest absolute Gasteiger partial charge is 0.354 e. The molecule has 0 spiro atoms. The van der Waals surface area contributed by atoms with Crippen LogP contribution >= 0.6 is 0 Å². The van der Waals surface area contributed by atoms with Gasteiger partial charge in [-0.05, 0) is 44.1 Å². The summed E-state index contributed by atoms with van der Waals surface area (Å²) in [4.78, 5) is 11.8. The van der Waals surface area contributed by atoms with Crippen LogP contribution in [-0.4, -0.2) is 18.5 Å². The lowest BCUT2D eigenvalue weighted by molar-refractivity contribution is -0.122. The number of hydrogen-bond donors (Lipinski definition) is 2. The SMILES string of the molecule is CCC(C)CC(C)NC(=O)CCC(C)(C)CCN. The molecule has 0 saturated carbocycles. The molecule has 0 saturated heterocycles. The van der Waals surface area contributed by atoms with Crippen LogP contribution in [0, 0.1) is 11.3 Å². The molecule has 0 heterocycles. The van der Waals surface area contributed by atoms with Gasteiger partial charge < -0.3 is 11.1 Å². The van der Waals surface area contributed by atoms with E-state index >= 15 is 0 Å². The van der Waals surface area contributed by atoms with E-state index in [2.05, 4.69) is 39.9 Å². The molecule has 0 aliphatic rings. The highest BCUT2D eigenvalue weighted by Gasteiger charge is 2.19. The van der Waals surface area contributed by atoms with Crippen LogP contribution in [0.4, 0.5) is 0 Å². The second-order valence-electron chi connectivity index (χ2n) is 6.42. The van der Waals surface area contributed by atoms with E-state index in [1.807, 2.05) is 0 Å². The smallest absolute Gasteiger partial charge is 0.220 e. The van der Waals surface area contributed by atoms with Gasteiger partial charge in [-0.1, -0.05) is 34.1 Å². The van der Waals surface area contributed by atoms with Gasteiger partial charge in [0.2, 0.25) is 5.91 Å². The molecular weight excluding hydrogens is 224 g/mol. The van der Waals surface area contributed by atoms with Gasteiger partial charge in [-0.15, -0.1) is 0 Å². The normalized spacial score (nSPS) is 15.2. The molecule has 18 heavy (non-hydrogen) atoms. The lowest BCUT2D eigenvalue weighted by Crippen LogP contribution is -2.34. The standard InChI is InChI=1S/C15H32N2O/c1-6-12(2)11-13(3)17-14(18)7-8-15(4,5)9-10-16/h12-13H,6-11,16H2,1-5H3,(H,17,18). The molecule has 0 aromatic heterocycles. The third-order valence-electron chi connectivity index (χ3n) is 3.71. The number of carbonyl (C=O) groups is 1. The van der Waals surface area contributed by atoms with Crippen molar-refractivity contribution in [2.24, 2.45) is 17.1 Å². The fraction of sp³-hybridized carbons (Fsp3) is 0.933. The Kier molecular flexibility index (Phi) is 8.25. The number of rotatable bonds is 9. The summed E-state index contributed by atoms with van der Waals surface area (Å²) in [5, 5.41) is 3.09. The van der Waals surface area contributed by atoms with Crippen molar-refractivity contribution in [2.45, 2.75) is 72.8 Å². The van der Waals surface area contributed by atoms with E-state index in [0.717, 1.165) is 19.3 Å². The first-order valence-electron chi connectivity index (χ1n) is 7.30. The van der Waals surface area contributed by atoms with Crippen molar-refractivity contribution in [3.05, 3.63) is 0 Å². The molecule has 0 aromatic rings. The zero-order chi connectivity index (χ0) is 14.2. The molecule has 0 aromatic carbocycles. The first-order valence-corrected chi connectivity index (χ1v) is 7.30. The highest BCUT2D eigenvalue weighted by Crippen LogP contribution is 2.25. The number of nitrogens with one attached hydrogen (secondary N) is 1. The minimum absolute atomic E-state index is 0.173. The third kappa shape index (κ3) is 8.51. The van der Waals surface area contributed by atoms with Crippen LogP contribution < -0.4 is 11.1 Å². The van der Waals surface area contributed by atoms with E-state index < -0.39 is 0 Å². The van der Waals surface area contributed by atoms with E-state index in [1.54, 1.807) is 0 Å². The molecule has 0 fully saturated rings. The minimum Gasteiger partial charge on any atom is -0.354 e. The monoisotopic (exact) mass is 256 g/mol. The molecule has 0 bridgehead atoms. The second-order valence-corrected chi connectivity index (χ2v) is 6.42. The first kappa shape index (κ1) is 17.4. The summed E-state index contributed by atoms with van der Waals surface area (Å²) in [6.45, 7) is 11.6. The summed E-state index contributed by atoms with van der Waals surface area (Å²) in [6, 6.07) is 0.282. The molecule has 0 radical (unpaired) electrons. The Morgan fingerprint density at radius 3 is 2.39 bits per heavy atom. The van der Waals surface area contributed by atoms with Crippen LogP contribution in [0.1, 0.15) is 66.7 Å². The van der Waals surface area contributed by atoms with Gasteiger partial charge >= 0.3 is 0 Å². The minimum atomic E-state index is 0.173.